The third-order valence-corrected chi connectivity index (χ3v) is 3.25. The summed E-state index contributed by atoms with van der Waals surface area (Å²) in [5.74, 6) is -1.05. The fraction of sp³-hybridized carbons (Fsp3) is 0.0714. The van der Waals surface area contributed by atoms with Crippen LogP contribution in [0.2, 0.25) is 10.0 Å². The van der Waals surface area contributed by atoms with Crippen LogP contribution in [0.1, 0.15) is 15.9 Å². The fourth-order valence-electron chi connectivity index (χ4n) is 1.56. The van der Waals surface area contributed by atoms with Gasteiger partial charge in [0.05, 0.1) is 15.6 Å². The number of esters is 1. The van der Waals surface area contributed by atoms with E-state index in [9.17, 15) is 9.18 Å². The van der Waals surface area contributed by atoms with Crippen molar-refractivity contribution in [2.45, 2.75) is 6.61 Å². The number of halogens is 3. The van der Waals surface area contributed by atoms with Crippen molar-refractivity contribution in [2.75, 3.05) is 5.73 Å². The second kappa shape index (κ2) is 6.11. The molecule has 2 aromatic carbocycles. The maximum absolute atomic E-state index is 12.9. The lowest BCUT2D eigenvalue weighted by molar-refractivity contribution is 0.0473. The fourth-order valence-corrected chi connectivity index (χ4v) is 2.04. The van der Waals surface area contributed by atoms with Crippen LogP contribution in [0.3, 0.4) is 0 Å². The lowest BCUT2D eigenvalue weighted by Crippen LogP contribution is -2.06. The molecule has 0 heterocycles. The van der Waals surface area contributed by atoms with Crippen molar-refractivity contribution in [3.05, 3.63) is 63.4 Å². The third-order valence-electron chi connectivity index (χ3n) is 2.59. The predicted molar refractivity (Wildman–Crippen MR) is 76.4 cm³/mol. The van der Waals surface area contributed by atoms with Crippen LogP contribution < -0.4 is 5.73 Å². The standard InChI is InChI=1S/C14H10Cl2FNO2/c15-12-5-9(17)2-1-8(12)7-20-14(19)11-4-3-10(18)6-13(11)16/h1-6H,7,18H2. The Balaban J connectivity index is 2.08. The normalized spacial score (nSPS) is 10.3. The number of nitrogen functional groups attached to an aromatic ring is 1. The van der Waals surface area contributed by atoms with E-state index in [0.29, 0.717) is 11.3 Å². The summed E-state index contributed by atoms with van der Waals surface area (Å²) < 4.78 is 18.0. The van der Waals surface area contributed by atoms with Gasteiger partial charge in [-0.05, 0) is 30.3 Å². The number of benzene rings is 2. The molecular weight excluding hydrogens is 304 g/mol. The average Bonchev–Trinajstić information content (AvgIpc) is 2.37. The Hall–Kier alpha value is -1.78. The molecule has 0 fully saturated rings. The molecular formula is C14H10Cl2FNO2. The van der Waals surface area contributed by atoms with Crippen LogP contribution in [0, 0.1) is 5.82 Å². The van der Waals surface area contributed by atoms with E-state index in [0.717, 1.165) is 6.07 Å². The van der Waals surface area contributed by atoms with Crippen molar-refractivity contribution < 1.29 is 13.9 Å². The predicted octanol–water partition coefficient (Wildman–Crippen LogP) is 4.07. The molecule has 2 N–H and O–H groups in total. The number of carbonyl (C=O) groups excluding carboxylic acids is 1. The van der Waals surface area contributed by atoms with E-state index in [4.69, 9.17) is 33.7 Å². The van der Waals surface area contributed by atoms with Crippen LogP contribution >= 0.6 is 23.2 Å². The first-order chi connectivity index (χ1) is 9.47. The van der Waals surface area contributed by atoms with Crippen molar-refractivity contribution in [1.82, 2.24) is 0 Å². The Morgan fingerprint density at radius 1 is 1.15 bits per heavy atom. The Labute approximate surface area is 125 Å². The van der Waals surface area contributed by atoms with Crippen LogP contribution in [0.15, 0.2) is 36.4 Å². The summed E-state index contributed by atoms with van der Waals surface area (Å²) in [5.41, 5.74) is 6.70. The van der Waals surface area contributed by atoms with Crippen LogP contribution in [0.25, 0.3) is 0 Å². The zero-order valence-corrected chi connectivity index (χ0v) is 11.7. The summed E-state index contributed by atoms with van der Waals surface area (Å²) in [6.07, 6.45) is 0. The Morgan fingerprint density at radius 3 is 2.55 bits per heavy atom. The molecule has 0 spiro atoms. The van der Waals surface area contributed by atoms with Crippen LogP contribution in [0.4, 0.5) is 10.1 Å². The van der Waals surface area contributed by atoms with Crippen LogP contribution in [0.5, 0.6) is 0 Å². The SMILES string of the molecule is Nc1ccc(C(=O)OCc2ccc(F)cc2Cl)c(Cl)c1. The van der Waals surface area contributed by atoms with Gasteiger partial charge in [0.2, 0.25) is 0 Å². The molecule has 0 aliphatic carbocycles. The van der Waals surface area contributed by atoms with Gasteiger partial charge in [-0.15, -0.1) is 0 Å². The molecule has 20 heavy (non-hydrogen) atoms. The van der Waals surface area contributed by atoms with E-state index < -0.39 is 11.8 Å². The summed E-state index contributed by atoms with van der Waals surface area (Å²) in [4.78, 5) is 11.9. The highest BCUT2D eigenvalue weighted by molar-refractivity contribution is 6.33. The third kappa shape index (κ3) is 3.40. The van der Waals surface area contributed by atoms with Crippen molar-refractivity contribution in [2.24, 2.45) is 0 Å². The second-order valence-electron chi connectivity index (χ2n) is 4.05. The molecule has 6 heteroatoms. The van der Waals surface area contributed by atoms with Crippen LogP contribution in [-0.2, 0) is 11.3 Å². The quantitative estimate of drug-likeness (QED) is 0.686. The highest BCUT2D eigenvalue weighted by atomic mass is 35.5. The summed E-state index contributed by atoms with van der Waals surface area (Å²) in [6, 6.07) is 8.34. The molecule has 0 atom stereocenters. The minimum Gasteiger partial charge on any atom is -0.457 e. The summed E-state index contributed by atoms with van der Waals surface area (Å²) in [7, 11) is 0. The molecule has 0 aliphatic heterocycles. The molecule has 3 nitrogen and oxygen atoms in total. The molecule has 0 saturated heterocycles. The zero-order valence-electron chi connectivity index (χ0n) is 10.2. The van der Waals surface area contributed by atoms with Crippen LogP contribution in [-0.4, -0.2) is 5.97 Å². The van der Waals surface area contributed by atoms with Crippen molar-refractivity contribution >= 4 is 34.9 Å². The molecule has 0 aliphatic rings. The van der Waals surface area contributed by atoms with Gasteiger partial charge < -0.3 is 10.5 Å². The first-order valence-corrected chi connectivity index (χ1v) is 6.39. The first kappa shape index (κ1) is 14.6. The minimum absolute atomic E-state index is 0.0708. The number of nitrogens with two attached hydrogens (primary N) is 1. The monoisotopic (exact) mass is 313 g/mol. The number of hydrogen-bond donors (Lipinski definition) is 1. The largest absolute Gasteiger partial charge is 0.457 e. The molecule has 0 saturated carbocycles. The highest BCUT2D eigenvalue weighted by Crippen LogP contribution is 2.22. The molecule has 2 rings (SSSR count). The lowest BCUT2D eigenvalue weighted by atomic mass is 10.2. The Kier molecular flexibility index (Phi) is 4.47. The number of ether oxygens (including phenoxy) is 1. The Bertz CT molecular complexity index is 662. The number of hydrogen-bond acceptors (Lipinski definition) is 3. The van der Waals surface area contributed by atoms with Gasteiger partial charge in [0.15, 0.2) is 0 Å². The van der Waals surface area contributed by atoms with E-state index >= 15 is 0 Å². The minimum atomic E-state index is -0.601. The van der Waals surface area contributed by atoms with Gasteiger partial charge in [-0.1, -0.05) is 29.3 Å². The van der Waals surface area contributed by atoms with E-state index in [1.54, 1.807) is 6.07 Å². The van der Waals surface area contributed by atoms with Crippen molar-refractivity contribution in [3.8, 4) is 0 Å². The van der Waals surface area contributed by atoms with Gasteiger partial charge in [0, 0.05) is 11.3 Å². The smallest absolute Gasteiger partial charge is 0.339 e. The van der Waals surface area contributed by atoms with Gasteiger partial charge >= 0.3 is 5.97 Å². The van der Waals surface area contributed by atoms with Gasteiger partial charge in [-0.2, -0.15) is 0 Å². The summed E-state index contributed by atoms with van der Waals surface area (Å²) in [5, 5.41) is 0.404. The number of carbonyl (C=O) groups is 1. The van der Waals surface area contributed by atoms with E-state index in [2.05, 4.69) is 0 Å². The molecule has 2 aromatic rings. The molecule has 0 unspecified atom stereocenters. The Morgan fingerprint density at radius 2 is 1.90 bits per heavy atom. The van der Waals surface area contributed by atoms with Gasteiger partial charge in [-0.3, -0.25) is 0 Å². The average molecular weight is 314 g/mol. The van der Waals surface area contributed by atoms with Gasteiger partial charge in [0.1, 0.15) is 12.4 Å². The molecule has 0 aromatic heterocycles. The lowest BCUT2D eigenvalue weighted by Gasteiger charge is -2.08. The second-order valence-corrected chi connectivity index (χ2v) is 4.87. The molecule has 104 valence electrons. The van der Waals surface area contributed by atoms with E-state index in [-0.39, 0.29) is 22.2 Å². The summed E-state index contributed by atoms with van der Waals surface area (Å²) >= 11 is 11.7. The van der Waals surface area contributed by atoms with Gasteiger partial charge in [0.25, 0.3) is 0 Å². The highest BCUT2D eigenvalue weighted by Gasteiger charge is 2.13. The number of rotatable bonds is 3. The maximum Gasteiger partial charge on any atom is 0.339 e. The van der Waals surface area contributed by atoms with Crippen molar-refractivity contribution in [1.29, 1.82) is 0 Å². The maximum atomic E-state index is 12.9. The molecule has 0 amide bonds. The van der Waals surface area contributed by atoms with E-state index in [1.165, 1.54) is 24.3 Å². The number of anilines is 1. The summed E-state index contributed by atoms with van der Waals surface area (Å²) in [6.45, 7) is -0.0708. The van der Waals surface area contributed by atoms with Gasteiger partial charge in [-0.25, -0.2) is 9.18 Å². The zero-order chi connectivity index (χ0) is 14.7. The first-order valence-electron chi connectivity index (χ1n) is 5.63. The van der Waals surface area contributed by atoms with Crippen molar-refractivity contribution in [3.63, 3.8) is 0 Å². The molecule has 0 radical (unpaired) electrons. The topological polar surface area (TPSA) is 52.3 Å². The molecule has 0 bridgehead atoms. The van der Waals surface area contributed by atoms with E-state index in [1.807, 2.05) is 0 Å².